The molecule has 0 unspecified atom stereocenters. The van der Waals surface area contributed by atoms with Crippen molar-refractivity contribution in [3.05, 3.63) is 64.7 Å². The SMILES string of the molecule is CCS(=O)(=O)Nc1ccccc1C(=O)N1CCc2ccc(C(=O)O)cc2C1. The molecule has 1 amide bonds. The molecule has 2 aromatic rings. The summed E-state index contributed by atoms with van der Waals surface area (Å²) < 4.78 is 26.2. The monoisotopic (exact) mass is 388 g/mol. The van der Waals surface area contributed by atoms with Gasteiger partial charge in [0.15, 0.2) is 0 Å². The molecule has 3 rings (SSSR count). The fraction of sp³-hybridized carbons (Fsp3) is 0.263. The van der Waals surface area contributed by atoms with E-state index in [1.807, 2.05) is 0 Å². The van der Waals surface area contributed by atoms with Gasteiger partial charge < -0.3 is 10.0 Å². The van der Waals surface area contributed by atoms with Crippen LogP contribution in [0.2, 0.25) is 0 Å². The molecule has 8 heteroatoms. The fourth-order valence-electron chi connectivity index (χ4n) is 3.03. The highest BCUT2D eigenvalue weighted by molar-refractivity contribution is 7.92. The number of benzene rings is 2. The van der Waals surface area contributed by atoms with Gasteiger partial charge in [-0.05, 0) is 48.7 Å². The van der Waals surface area contributed by atoms with E-state index < -0.39 is 16.0 Å². The van der Waals surface area contributed by atoms with E-state index in [9.17, 15) is 18.0 Å². The van der Waals surface area contributed by atoms with Crippen molar-refractivity contribution in [2.75, 3.05) is 17.0 Å². The van der Waals surface area contributed by atoms with Crippen LogP contribution in [0.1, 0.15) is 38.8 Å². The Bertz CT molecular complexity index is 1000. The number of para-hydroxylation sites is 1. The van der Waals surface area contributed by atoms with Crippen LogP contribution in [0.25, 0.3) is 0 Å². The topological polar surface area (TPSA) is 104 Å². The molecule has 0 atom stereocenters. The summed E-state index contributed by atoms with van der Waals surface area (Å²) in [6, 6.07) is 11.4. The summed E-state index contributed by atoms with van der Waals surface area (Å²) in [5.41, 5.74) is 2.51. The predicted molar refractivity (Wildman–Crippen MR) is 101 cm³/mol. The van der Waals surface area contributed by atoms with E-state index in [2.05, 4.69) is 4.72 Å². The molecular weight excluding hydrogens is 368 g/mol. The van der Waals surface area contributed by atoms with Crippen molar-refractivity contribution >= 4 is 27.6 Å². The van der Waals surface area contributed by atoms with Crippen LogP contribution in [0.5, 0.6) is 0 Å². The van der Waals surface area contributed by atoms with Crippen LogP contribution < -0.4 is 4.72 Å². The third-order valence-electron chi connectivity index (χ3n) is 4.56. The first kappa shape index (κ1) is 18.9. The third kappa shape index (κ3) is 4.11. The zero-order valence-corrected chi connectivity index (χ0v) is 15.6. The second-order valence-corrected chi connectivity index (χ2v) is 8.33. The number of sulfonamides is 1. The van der Waals surface area contributed by atoms with Crippen molar-refractivity contribution in [1.82, 2.24) is 4.90 Å². The molecule has 1 aliphatic heterocycles. The van der Waals surface area contributed by atoms with Crippen molar-refractivity contribution in [1.29, 1.82) is 0 Å². The fourth-order valence-corrected chi connectivity index (χ4v) is 3.69. The summed E-state index contributed by atoms with van der Waals surface area (Å²) in [7, 11) is -3.51. The summed E-state index contributed by atoms with van der Waals surface area (Å²) in [6.07, 6.45) is 0.615. The highest BCUT2D eigenvalue weighted by atomic mass is 32.2. The van der Waals surface area contributed by atoms with E-state index in [0.717, 1.165) is 11.1 Å². The van der Waals surface area contributed by atoms with E-state index in [1.165, 1.54) is 6.92 Å². The van der Waals surface area contributed by atoms with Crippen molar-refractivity contribution < 1.29 is 23.1 Å². The standard InChI is InChI=1S/C19H20N2O5S/c1-2-27(25,26)20-17-6-4-3-5-16(17)18(22)21-10-9-13-7-8-14(19(23)24)11-15(13)12-21/h3-8,11,20H,2,9-10,12H2,1H3,(H,23,24). The number of anilines is 1. The molecule has 0 bridgehead atoms. The Kier molecular flexibility index (Phi) is 5.18. The number of nitrogens with zero attached hydrogens (tertiary/aromatic N) is 1. The molecule has 1 heterocycles. The smallest absolute Gasteiger partial charge is 0.335 e. The zero-order chi connectivity index (χ0) is 19.6. The number of hydrogen-bond donors (Lipinski definition) is 2. The Morgan fingerprint density at radius 2 is 1.89 bits per heavy atom. The number of carbonyl (C=O) groups is 2. The first-order chi connectivity index (χ1) is 12.8. The summed E-state index contributed by atoms with van der Waals surface area (Å²) >= 11 is 0. The second kappa shape index (κ2) is 7.40. The van der Waals surface area contributed by atoms with Crippen molar-refractivity contribution in [2.45, 2.75) is 19.9 Å². The molecule has 0 saturated heterocycles. The lowest BCUT2D eigenvalue weighted by Gasteiger charge is -2.29. The quantitative estimate of drug-likeness (QED) is 0.818. The Balaban J connectivity index is 1.88. The summed E-state index contributed by atoms with van der Waals surface area (Å²) in [5, 5.41) is 9.16. The van der Waals surface area contributed by atoms with E-state index in [1.54, 1.807) is 47.4 Å². The summed E-state index contributed by atoms with van der Waals surface area (Å²) in [6.45, 7) is 2.28. The largest absolute Gasteiger partial charge is 0.478 e. The van der Waals surface area contributed by atoms with Gasteiger partial charge in [0.05, 0.1) is 22.6 Å². The van der Waals surface area contributed by atoms with Gasteiger partial charge in [0.2, 0.25) is 10.0 Å². The average Bonchev–Trinajstić information content (AvgIpc) is 2.66. The van der Waals surface area contributed by atoms with Gasteiger partial charge in [0.1, 0.15) is 0 Å². The van der Waals surface area contributed by atoms with Crippen LogP contribution in [0.4, 0.5) is 5.69 Å². The molecule has 7 nitrogen and oxygen atoms in total. The number of hydrogen-bond acceptors (Lipinski definition) is 4. The predicted octanol–water partition coefficient (Wildman–Crippen LogP) is 2.34. The molecule has 0 spiro atoms. The number of carbonyl (C=O) groups excluding carboxylic acids is 1. The molecule has 2 aromatic carbocycles. The van der Waals surface area contributed by atoms with Crippen LogP contribution >= 0.6 is 0 Å². The van der Waals surface area contributed by atoms with Gasteiger partial charge in [-0.1, -0.05) is 18.2 Å². The molecule has 142 valence electrons. The third-order valence-corrected chi connectivity index (χ3v) is 5.85. The van der Waals surface area contributed by atoms with E-state index in [0.29, 0.717) is 13.0 Å². The Morgan fingerprint density at radius 1 is 1.15 bits per heavy atom. The number of nitrogens with one attached hydrogen (secondary N) is 1. The molecule has 0 aliphatic carbocycles. The summed E-state index contributed by atoms with van der Waals surface area (Å²) in [5.74, 6) is -1.40. The van der Waals surface area contributed by atoms with Crippen LogP contribution in [-0.2, 0) is 23.0 Å². The minimum Gasteiger partial charge on any atom is -0.478 e. The molecular formula is C19H20N2O5S. The van der Waals surface area contributed by atoms with E-state index in [-0.39, 0.29) is 35.0 Å². The first-order valence-corrected chi connectivity index (χ1v) is 10.2. The number of amides is 1. The highest BCUT2D eigenvalue weighted by Gasteiger charge is 2.25. The van der Waals surface area contributed by atoms with Gasteiger partial charge in [0, 0.05) is 13.1 Å². The number of rotatable bonds is 5. The maximum atomic E-state index is 13.0. The molecule has 1 aliphatic rings. The van der Waals surface area contributed by atoms with Crippen molar-refractivity contribution in [3.8, 4) is 0 Å². The summed E-state index contributed by atoms with van der Waals surface area (Å²) in [4.78, 5) is 25.8. The van der Waals surface area contributed by atoms with E-state index in [4.69, 9.17) is 5.11 Å². The second-order valence-electron chi connectivity index (χ2n) is 6.32. The van der Waals surface area contributed by atoms with Gasteiger partial charge in [-0.2, -0.15) is 0 Å². The van der Waals surface area contributed by atoms with Crippen LogP contribution in [0.3, 0.4) is 0 Å². The Labute approximate surface area is 157 Å². The van der Waals surface area contributed by atoms with E-state index >= 15 is 0 Å². The Morgan fingerprint density at radius 3 is 2.59 bits per heavy atom. The molecule has 27 heavy (non-hydrogen) atoms. The van der Waals surface area contributed by atoms with Gasteiger partial charge >= 0.3 is 5.97 Å². The lowest BCUT2D eigenvalue weighted by Crippen LogP contribution is -2.36. The molecule has 0 aromatic heterocycles. The minimum atomic E-state index is -3.51. The zero-order valence-electron chi connectivity index (χ0n) is 14.8. The first-order valence-electron chi connectivity index (χ1n) is 8.54. The lowest BCUT2D eigenvalue weighted by atomic mass is 9.96. The van der Waals surface area contributed by atoms with Crippen LogP contribution in [-0.4, -0.2) is 42.6 Å². The van der Waals surface area contributed by atoms with Crippen LogP contribution in [0, 0.1) is 0 Å². The number of aromatic carboxylic acids is 1. The molecule has 0 saturated carbocycles. The van der Waals surface area contributed by atoms with Crippen LogP contribution in [0.15, 0.2) is 42.5 Å². The number of carboxylic acids is 1. The maximum absolute atomic E-state index is 13.0. The lowest BCUT2D eigenvalue weighted by molar-refractivity contribution is 0.0696. The average molecular weight is 388 g/mol. The molecule has 0 fully saturated rings. The normalized spacial score (nSPS) is 13.7. The van der Waals surface area contributed by atoms with Gasteiger partial charge in [-0.25, -0.2) is 13.2 Å². The van der Waals surface area contributed by atoms with Crippen molar-refractivity contribution in [2.24, 2.45) is 0 Å². The number of fused-ring (bicyclic) bond motifs is 1. The van der Waals surface area contributed by atoms with Gasteiger partial charge in [-0.15, -0.1) is 0 Å². The van der Waals surface area contributed by atoms with Gasteiger partial charge in [-0.3, -0.25) is 9.52 Å². The van der Waals surface area contributed by atoms with Crippen molar-refractivity contribution in [3.63, 3.8) is 0 Å². The minimum absolute atomic E-state index is 0.0927. The Hall–Kier alpha value is -2.87. The molecule has 2 N–H and O–H groups in total. The highest BCUT2D eigenvalue weighted by Crippen LogP contribution is 2.25. The van der Waals surface area contributed by atoms with Gasteiger partial charge in [0.25, 0.3) is 5.91 Å². The molecule has 0 radical (unpaired) electrons. The maximum Gasteiger partial charge on any atom is 0.335 e. The number of carboxylic acid groups (broad SMARTS) is 1.